The van der Waals surface area contributed by atoms with Gasteiger partial charge in [0.25, 0.3) is 0 Å². The fourth-order valence-corrected chi connectivity index (χ4v) is 5.19. The molecule has 1 aliphatic carbocycles. The number of piperidine rings is 1. The van der Waals surface area contributed by atoms with Crippen molar-refractivity contribution in [3.05, 3.63) is 60.1 Å². The van der Waals surface area contributed by atoms with Crippen LogP contribution < -0.4 is 4.74 Å². The SMILES string of the molecule is C=C/C(=C\C=C(/C(C)CC)N1CC[C@H](C)[C@@H](c2ccc(OC)cn2)C1)CC1CC(C)C1. The number of allylic oxidation sites excluding steroid dienone is 5. The predicted molar refractivity (Wildman–Crippen MR) is 131 cm³/mol. The fourth-order valence-electron chi connectivity index (χ4n) is 5.19. The highest BCUT2D eigenvalue weighted by Crippen LogP contribution is 2.38. The number of aromatic nitrogens is 1. The zero-order chi connectivity index (χ0) is 22.4. The van der Waals surface area contributed by atoms with Crippen molar-refractivity contribution in [2.45, 2.75) is 65.7 Å². The lowest BCUT2D eigenvalue weighted by Crippen LogP contribution is -2.39. The second kappa shape index (κ2) is 11.0. The van der Waals surface area contributed by atoms with E-state index in [-0.39, 0.29) is 0 Å². The van der Waals surface area contributed by atoms with Crippen LogP contribution in [0.3, 0.4) is 0 Å². The molecule has 170 valence electrons. The Hall–Kier alpha value is -2.03. The number of hydrogen-bond acceptors (Lipinski definition) is 3. The van der Waals surface area contributed by atoms with Crippen molar-refractivity contribution in [2.75, 3.05) is 20.2 Å². The van der Waals surface area contributed by atoms with E-state index in [2.05, 4.69) is 63.5 Å². The number of methoxy groups -OCH3 is 1. The molecule has 3 heteroatoms. The van der Waals surface area contributed by atoms with Gasteiger partial charge in [-0.15, -0.1) is 0 Å². The third-order valence-corrected chi connectivity index (χ3v) is 7.54. The molecule has 2 heterocycles. The van der Waals surface area contributed by atoms with Gasteiger partial charge in [-0.05, 0) is 79.6 Å². The monoisotopic (exact) mass is 422 g/mol. The van der Waals surface area contributed by atoms with Crippen LogP contribution in [0.4, 0.5) is 0 Å². The summed E-state index contributed by atoms with van der Waals surface area (Å²) in [5.41, 5.74) is 4.04. The topological polar surface area (TPSA) is 25.4 Å². The second-order valence-corrected chi connectivity index (χ2v) is 9.93. The maximum Gasteiger partial charge on any atom is 0.137 e. The normalized spacial score (nSPS) is 28.1. The molecule has 3 atom stereocenters. The van der Waals surface area contributed by atoms with Crippen LogP contribution in [0.25, 0.3) is 0 Å². The first kappa shape index (κ1) is 23.6. The van der Waals surface area contributed by atoms with Gasteiger partial charge in [-0.2, -0.15) is 0 Å². The molecule has 1 unspecified atom stereocenters. The summed E-state index contributed by atoms with van der Waals surface area (Å²) in [6.07, 6.45) is 14.9. The zero-order valence-corrected chi connectivity index (χ0v) is 20.3. The lowest BCUT2D eigenvalue weighted by molar-refractivity contribution is 0.187. The summed E-state index contributed by atoms with van der Waals surface area (Å²) in [6, 6.07) is 4.19. The predicted octanol–water partition coefficient (Wildman–Crippen LogP) is 6.99. The summed E-state index contributed by atoms with van der Waals surface area (Å²) < 4.78 is 5.30. The molecule has 1 saturated heterocycles. The molecule has 0 N–H and O–H groups in total. The molecule has 1 aromatic heterocycles. The molecule has 0 bridgehead atoms. The molecule has 3 rings (SSSR count). The summed E-state index contributed by atoms with van der Waals surface area (Å²) >= 11 is 0. The minimum Gasteiger partial charge on any atom is -0.495 e. The average Bonchev–Trinajstić information content (AvgIpc) is 2.77. The first-order valence-electron chi connectivity index (χ1n) is 12.2. The Balaban J connectivity index is 1.77. The van der Waals surface area contributed by atoms with Crippen molar-refractivity contribution in [3.8, 4) is 5.75 Å². The highest BCUT2D eigenvalue weighted by Gasteiger charge is 2.30. The Morgan fingerprint density at radius 3 is 2.65 bits per heavy atom. The molecule has 0 amide bonds. The van der Waals surface area contributed by atoms with Crippen LogP contribution >= 0.6 is 0 Å². The van der Waals surface area contributed by atoms with E-state index in [1.165, 1.54) is 42.6 Å². The van der Waals surface area contributed by atoms with Gasteiger partial charge < -0.3 is 9.64 Å². The zero-order valence-electron chi connectivity index (χ0n) is 20.3. The van der Waals surface area contributed by atoms with Gasteiger partial charge in [0, 0.05) is 30.4 Å². The lowest BCUT2D eigenvalue weighted by Gasteiger charge is -2.41. The standard InChI is InChI=1S/C28H42N2O/c1-7-21(4)28(12-9-23(8-2)17-24-15-20(3)16-24)30-14-13-22(5)26(19-30)27-11-10-25(31-6)18-29-27/h8-12,18,20-22,24,26H,2,7,13-17,19H2,1,3-6H3/b23-9+,28-12+/t20?,21?,22-,24?,26-/m0/s1. The molecule has 0 spiro atoms. The summed E-state index contributed by atoms with van der Waals surface area (Å²) in [4.78, 5) is 7.35. The highest BCUT2D eigenvalue weighted by atomic mass is 16.5. The first-order valence-corrected chi connectivity index (χ1v) is 12.2. The van der Waals surface area contributed by atoms with Crippen LogP contribution in [0.2, 0.25) is 0 Å². The molecule has 2 fully saturated rings. The number of likely N-dealkylation sites (tertiary alicyclic amines) is 1. The van der Waals surface area contributed by atoms with E-state index in [0.717, 1.165) is 37.1 Å². The summed E-state index contributed by atoms with van der Waals surface area (Å²) in [6.45, 7) is 15.6. The molecular formula is C28H42N2O. The molecule has 0 aromatic carbocycles. The van der Waals surface area contributed by atoms with Crippen molar-refractivity contribution in [3.63, 3.8) is 0 Å². The van der Waals surface area contributed by atoms with E-state index in [9.17, 15) is 0 Å². The highest BCUT2D eigenvalue weighted by molar-refractivity contribution is 5.27. The number of nitrogens with zero attached hydrogens (tertiary/aromatic N) is 2. The molecule has 31 heavy (non-hydrogen) atoms. The van der Waals surface area contributed by atoms with E-state index >= 15 is 0 Å². The van der Waals surface area contributed by atoms with Gasteiger partial charge in [-0.25, -0.2) is 0 Å². The van der Waals surface area contributed by atoms with Gasteiger partial charge in [0.2, 0.25) is 0 Å². The van der Waals surface area contributed by atoms with Crippen molar-refractivity contribution >= 4 is 0 Å². The summed E-state index contributed by atoms with van der Waals surface area (Å²) in [5, 5.41) is 0. The van der Waals surface area contributed by atoms with E-state index in [1.54, 1.807) is 7.11 Å². The lowest BCUT2D eigenvalue weighted by atomic mass is 9.73. The van der Waals surface area contributed by atoms with Crippen molar-refractivity contribution < 1.29 is 4.74 Å². The van der Waals surface area contributed by atoms with Crippen LogP contribution in [0.15, 0.2) is 54.4 Å². The Kier molecular flexibility index (Phi) is 8.40. The van der Waals surface area contributed by atoms with Crippen LogP contribution in [-0.4, -0.2) is 30.1 Å². The number of hydrogen-bond donors (Lipinski definition) is 0. The molecular weight excluding hydrogens is 380 g/mol. The maximum absolute atomic E-state index is 5.30. The molecule has 2 aliphatic rings. The van der Waals surface area contributed by atoms with Gasteiger partial charge in [-0.1, -0.05) is 46.4 Å². The van der Waals surface area contributed by atoms with Crippen LogP contribution in [-0.2, 0) is 0 Å². The van der Waals surface area contributed by atoms with Gasteiger partial charge in [0.15, 0.2) is 0 Å². The number of pyridine rings is 1. The van der Waals surface area contributed by atoms with E-state index in [4.69, 9.17) is 9.72 Å². The van der Waals surface area contributed by atoms with Crippen molar-refractivity contribution in [2.24, 2.45) is 23.7 Å². The van der Waals surface area contributed by atoms with E-state index < -0.39 is 0 Å². The Labute approximate surface area is 190 Å². The van der Waals surface area contributed by atoms with E-state index in [1.807, 2.05) is 12.3 Å². The van der Waals surface area contributed by atoms with Gasteiger partial charge in [0.1, 0.15) is 5.75 Å². The minimum atomic E-state index is 0.450. The molecule has 0 radical (unpaired) electrons. The maximum atomic E-state index is 5.30. The van der Waals surface area contributed by atoms with Gasteiger partial charge in [-0.3, -0.25) is 4.98 Å². The van der Waals surface area contributed by atoms with Gasteiger partial charge >= 0.3 is 0 Å². The minimum absolute atomic E-state index is 0.450. The van der Waals surface area contributed by atoms with Crippen LogP contribution in [0, 0.1) is 23.7 Å². The summed E-state index contributed by atoms with van der Waals surface area (Å²) in [7, 11) is 1.70. The smallest absolute Gasteiger partial charge is 0.137 e. The molecule has 1 aliphatic heterocycles. The largest absolute Gasteiger partial charge is 0.495 e. The van der Waals surface area contributed by atoms with Crippen LogP contribution in [0.5, 0.6) is 5.75 Å². The number of ether oxygens (including phenoxy) is 1. The van der Waals surface area contributed by atoms with Crippen molar-refractivity contribution in [1.82, 2.24) is 9.88 Å². The first-order chi connectivity index (χ1) is 14.9. The molecule has 1 saturated carbocycles. The molecule has 3 nitrogen and oxygen atoms in total. The number of rotatable bonds is 9. The fraction of sp³-hybridized carbons (Fsp3) is 0.607. The third-order valence-electron chi connectivity index (χ3n) is 7.54. The van der Waals surface area contributed by atoms with Gasteiger partial charge in [0.05, 0.1) is 13.3 Å². The quantitative estimate of drug-likeness (QED) is 0.401. The van der Waals surface area contributed by atoms with Crippen molar-refractivity contribution in [1.29, 1.82) is 0 Å². The van der Waals surface area contributed by atoms with E-state index in [0.29, 0.717) is 17.8 Å². The Morgan fingerprint density at radius 2 is 2.06 bits per heavy atom. The Morgan fingerprint density at radius 1 is 1.29 bits per heavy atom. The Bertz CT molecular complexity index is 773. The second-order valence-electron chi connectivity index (χ2n) is 9.93. The molecule has 1 aromatic rings. The third kappa shape index (κ3) is 6.02. The van der Waals surface area contributed by atoms with Crippen LogP contribution in [0.1, 0.15) is 71.4 Å². The summed E-state index contributed by atoms with van der Waals surface area (Å²) in [5.74, 6) is 4.21. The average molecular weight is 423 g/mol.